The monoisotopic (exact) mass is 375 g/mol. The summed E-state index contributed by atoms with van der Waals surface area (Å²) >= 11 is 6.28. The predicted octanol–water partition coefficient (Wildman–Crippen LogP) is 3.64. The molecule has 1 fully saturated rings. The maximum Gasteiger partial charge on any atom is 0.339 e. The van der Waals surface area contributed by atoms with Crippen molar-refractivity contribution in [2.24, 2.45) is 0 Å². The van der Waals surface area contributed by atoms with E-state index < -0.39 is 17.6 Å². The van der Waals surface area contributed by atoms with E-state index >= 15 is 0 Å². The van der Waals surface area contributed by atoms with Crippen molar-refractivity contribution in [3.63, 3.8) is 0 Å². The Morgan fingerprint density at radius 2 is 1.88 bits per heavy atom. The Morgan fingerprint density at radius 1 is 1.20 bits per heavy atom. The molecule has 1 aliphatic rings. The Morgan fingerprint density at radius 3 is 2.48 bits per heavy atom. The molecule has 0 radical (unpaired) electrons. The van der Waals surface area contributed by atoms with Crippen LogP contribution in [0.2, 0.25) is 0 Å². The average molecular weight is 375 g/mol. The van der Waals surface area contributed by atoms with Crippen LogP contribution in [0, 0.1) is 5.82 Å². The molecule has 2 N–H and O–H groups in total. The first kappa shape index (κ1) is 17.1. The fourth-order valence-electron chi connectivity index (χ4n) is 2.24. The molecule has 1 amide bonds. The standard InChI is InChI=1S/C17H10FNO4S2/c18-10-3-1-9(2-4-10)7-14-15(21)19(17(24)25-14)11-5-6-12(16(22)23)13(20)8-11/h1-8,20H,(H,22,23)/b14-7-. The Balaban J connectivity index is 1.93. The van der Waals surface area contributed by atoms with Gasteiger partial charge in [-0.25, -0.2) is 9.18 Å². The summed E-state index contributed by atoms with van der Waals surface area (Å²) in [5, 5.41) is 18.7. The minimum atomic E-state index is -1.27. The van der Waals surface area contributed by atoms with Gasteiger partial charge in [-0.1, -0.05) is 36.1 Å². The largest absolute Gasteiger partial charge is 0.507 e. The van der Waals surface area contributed by atoms with E-state index in [1.165, 1.54) is 47.4 Å². The van der Waals surface area contributed by atoms with Gasteiger partial charge in [0.1, 0.15) is 17.1 Å². The number of benzene rings is 2. The van der Waals surface area contributed by atoms with Gasteiger partial charge in [-0.15, -0.1) is 0 Å². The Hall–Kier alpha value is -2.71. The van der Waals surface area contributed by atoms with E-state index in [2.05, 4.69) is 0 Å². The summed E-state index contributed by atoms with van der Waals surface area (Å²) in [5.41, 5.74) is 0.648. The number of thiocarbonyl (C=S) groups is 1. The molecule has 2 aromatic rings. The lowest BCUT2D eigenvalue weighted by Gasteiger charge is -2.15. The van der Waals surface area contributed by atoms with Crippen molar-refractivity contribution in [3.05, 3.63) is 64.3 Å². The van der Waals surface area contributed by atoms with E-state index in [9.17, 15) is 19.1 Å². The summed E-state index contributed by atoms with van der Waals surface area (Å²) in [4.78, 5) is 25.1. The fraction of sp³-hybridized carbons (Fsp3) is 0. The molecule has 1 heterocycles. The van der Waals surface area contributed by atoms with Crippen molar-refractivity contribution in [2.75, 3.05) is 4.90 Å². The molecule has 3 rings (SSSR count). The number of thioether (sulfide) groups is 1. The van der Waals surface area contributed by atoms with Gasteiger partial charge < -0.3 is 10.2 Å². The van der Waals surface area contributed by atoms with Crippen molar-refractivity contribution in [1.82, 2.24) is 0 Å². The number of anilines is 1. The van der Waals surface area contributed by atoms with Crippen molar-refractivity contribution in [3.8, 4) is 5.75 Å². The first-order valence-electron chi connectivity index (χ1n) is 6.96. The number of carbonyl (C=O) groups excluding carboxylic acids is 1. The van der Waals surface area contributed by atoms with E-state index in [0.29, 0.717) is 10.5 Å². The number of carbonyl (C=O) groups is 2. The highest BCUT2D eigenvalue weighted by atomic mass is 32.2. The third kappa shape index (κ3) is 3.40. The number of carboxylic acid groups (broad SMARTS) is 1. The second kappa shape index (κ2) is 6.66. The molecule has 0 bridgehead atoms. The lowest BCUT2D eigenvalue weighted by atomic mass is 10.1. The van der Waals surface area contributed by atoms with Gasteiger partial charge >= 0.3 is 5.97 Å². The lowest BCUT2D eigenvalue weighted by molar-refractivity contribution is -0.113. The third-order valence-corrected chi connectivity index (χ3v) is 4.73. The SMILES string of the molecule is O=C(O)c1ccc(N2C(=O)/C(=C/c3ccc(F)cc3)SC2=S)cc1O. The molecule has 8 heteroatoms. The number of nitrogens with zero attached hydrogens (tertiary/aromatic N) is 1. The van der Waals surface area contributed by atoms with Gasteiger partial charge in [0.15, 0.2) is 4.32 Å². The normalized spacial score (nSPS) is 15.9. The van der Waals surface area contributed by atoms with Gasteiger partial charge in [0, 0.05) is 6.07 Å². The van der Waals surface area contributed by atoms with Crippen LogP contribution in [0.1, 0.15) is 15.9 Å². The summed E-state index contributed by atoms with van der Waals surface area (Å²) in [5.74, 6) is -2.51. The Kier molecular flexibility index (Phi) is 4.56. The van der Waals surface area contributed by atoms with Crippen LogP contribution in [-0.2, 0) is 4.79 Å². The van der Waals surface area contributed by atoms with Crippen LogP contribution >= 0.6 is 24.0 Å². The van der Waals surface area contributed by atoms with Crippen LogP contribution in [0.5, 0.6) is 5.75 Å². The van der Waals surface area contributed by atoms with Crippen LogP contribution in [0.3, 0.4) is 0 Å². The molecule has 0 unspecified atom stereocenters. The van der Waals surface area contributed by atoms with Crippen molar-refractivity contribution in [1.29, 1.82) is 0 Å². The molecule has 0 aromatic heterocycles. The summed E-state index contributed by atoms with van der Waals surface area (Å²) in [6.45, 7) is 0. The number of phenols is 1. The molecule has 0 saturated carbocycles. The maximum absolute atomic E-state index is 13.0. The van der Waals surface area contributed by atoms with E-state index in [1.807, 2.05) is 0 Å². The minimum absolute atomic E-state index is 0.251. The van der Waals surface area contributed by atoms with E-state index in [0.717, 1.165) is 11.8 Å². The number of amides is 1. The molecule has 25 heavy (non-hydrogen) atoms. The number of halogens is 1. The molecule has 5 nitrogen and oxygen atoms in total. The smallest absolute Gasteiger partial charge is 0.339 e. The predicted molar refractivity (Wildman–Crippen MR) is 97.1 cm³/mol. The number of rotatable bonds is 3. The zero-order valence-electron chi connectivity index (χ0n) is 12.5. The number of hydrogen-bond acceptors (Lipinski definition) is 5. The number of carboxylic acids is 1. The maximum atomic E-state index is 13.0. The van der Waals surface area contributed by atoms with Crippen LogP contribution < -0.4 is 4.90 Å². The number of aromatic hydroxyl groups is 1. The minimum Gasteiger partial charge on any atom is -0.507 e. The first-order valence-corrected chi connectivity index (χ1v) is 8.19. The number of aromatic carboxylic acids is 1. The summed E-state index contributed by atoms with van der Waals surface area (Å²) < 4.78 is 13.2. The molecular weight excluding hydrogens is 365 g/mol. The molecule has 1 aliphatic heterocycles. The summed E-state index contributed by atoms with van der Waals surface area (Å²) in [6.07, 6.45) is 1.59. The van der Waals surface area contributed by atoms with Gasteiger partial charge in [0.05, 0.1) is 10.6 Å². The van der Waals surface area contributed by atoms with Gasteiger partial charge in [-0.3, -0.25) is 9.69 Å². The zero-order valence-corrected chi connectivity index (χ0v) is 14.1. The highest BCUT2D eigenvalue weighted by Gasteiger charge is 2.33. The molecule has 1 saturated heterocycles. The van der Waals surface area contributed by atoms with E-state index in [-0.39, 0.29) is 21.4 Å². The van der Waals surface area contributed by atoms with Gasteiger partial charge in [0.2, 0.25) is 0 Å². The van der Waals surface area contributed by atoms with Crippen LogP contribution in [0.4, 0.5) is 10.1 Å². The first-order chi connectivity index (χ1) is 11.9. The van der Waals surface area contributed by atoms with Crippen molar-refractivity contribution >= 4 is 51.9 Å². The van der Waals surface area contributed by atoms with Gasteiger partial charge in [-0.05, 0) is 35.9 Å². The molecule has 0 spiro atoms. The second-order valence-electron chi connectivity index (χ2n) is 5.08. The van der Waals surface area contributed by atoms with Gasteiger partial charge in [-0.2, -0.15) is 0 Å². The fourth-order valence-corrected chi connectivity index (χ4v) is 3.54. The van der Waals surface area contributed by atoms with Crippen LogP contribution in [0.15, 0.2) is 47.4 Å². The number of hydrogen-bond donors (Lipinski definition) is 2. The zero-order chi connectivity index (χ0) is 18.1. The Bertz CT molecular complexity index is 925. The summed E-state index contributed by atoms with van der Waals surface area (Å²) in [7, 11) is 0. The summed E-state index contributed by atoms with van der Waals surface area (Å²) in [6, 6.07) is 9.42. The van der Waals surface area contributed by atoms with E-state index in [1.54, 1.807) is 6.08 Å². The van der Waals surface area contributed by atoms with Crippen molar-refractivity contribution < 1.29 is 24.2 Å². The third-order valence-electron chi connectivity index (χ3n) is 3.43. The second-order valence-corrected chi connectivity index (χ2v) is 6.75. The molecule has 0 atom stereocenters. The molecule has 126 valence electrons. The highest BCUT2D eigenvalue weighted by Crippen LogP contribution is 2.37. The molecule has 2 aromatic carbocycles. The topological polar surface area (TPSA) is 77.8 Å². The van der Waals surface area contributed by atoms with Crippen LogP contribution in [-0.4, -0.2) is 26.4 Å². The van der Waals surface area contributed by atoms with Crippen LogP contribution in [0.25, 0.3) is 6.08 Å². The Labute approximate surface area is 151 Å². The van der Waals surface area contributed by atoms with E-state index in [4.69, 9.17) is 17.3 Å². The quantitative estimate of drug-likeness (QED) is 0.630. The van der Waals surface area contributed by atoms with Gasteiger partial charge in [0.25, 0.3) is 5.91 Å². The molecule has 0 aliphatic carbocycles. The van der Waals surface area contributed by atoms with Crippen molar-refractivity contribution in [2.45, 2.75) is 0 Å². The average Bonchev–Trinajstić information content (AvgIpc) is 2.83. The molecular formula is C17H10FNO4S2. The highest BCUT2D eigenvalue weighted by molar-refractivity contribution is 8.27. The lowest BCUT2D eigenvalue weighted by Crippen LogP contribution is -2.27.